The van der Waals surface area contributed by atoms with Crippen LogP contribution in [0.2, 0.25) is 0 Å². The Hall–Kier alpha value is -0.710. The van der Waals surface area contributed by atoms with E-state index in [2.05, 4.69) is 0 Å². The lowest BCUT2D eigenvalue weighted by Gasteiger charge is -2.43. The van der Waals surface area contributed by atoms with Crippen LogP contribution in [-0.4, -0.2) is 74.2 Å². The first-order chi connectivity index (χ1) is 8.44. The number of carbonyl (C=O) groups is 1. The Morgan fingerprint density at radius 3 is 1.89 bits per heavy atom. The molecule has 112 valence electrons. The lowest BCUT2D eigenvalue weighted by molar-refractivity contribution is -0.138. The molecule has 1 aliphatic heterocycles. The number of hydrogen-bond acceptors (Lipinski definition) is 5. The number of piperazine rings is 1. The Labute approximate surface area is 113 Å². The molecule has 10 heteroatoms. The molecule has 2 atom stereocenters. The zero-order valence-electron chi connectivity index (χ0n) is 11.0. The van der Waals surface area contributed by atoms with Crippen LogP contribution in [0.15, 0.2) is 0 Å². The van der Waals surface area contributed by atoms with Gasteiger partial charge in [0.05, 0.1) is 25.0 Å². The highest BCUT2D eigenvalue weighted by molar-refractivity contribution is 7.88. The summed E-state index contributed by atoms with van der Waals surface area (Å²) in [5, 5.41) is 8.87. The Balaban J connectivity index is 3.14. The quantitative estimate of drug-likeness (QED) is 0.694. The summed E-state index contributed by atoms with van der Waals surface area (Å²) in [5.41, 5.74) is 0. The molecular formula is C9H18N2O6S2. The third-order valence-electron chi connectivity index (χ3n) is 3.16. The fraction of sp³-hybridized carbons (Fsp3) is 0.889. The standard InChI is InChI=1S/C9H18N2O6S2/c1-7-8(6-9(12)13)11(19(3,16)17)5-4-10(7)18(2,14)15/h7-8H,4-6H2,1-3H3,(H,12,13)/t7-,8-/m1/s1. The molecule has 0 amide bonds. The van der Waals surface area contributed by atoms with Gasteiger partial charge in [0.25, 0.3) is 0 Å². The van der Waals surface area contributed by atoms with E-state index in [4.69, 9.17) is 5.11 Å². The second-order valence-corrected chi connectivity index (χ2v) is 8.52. The predicted molar refractivity (Wildman–Crippen MR) is 68.6 cm³/mol. The van der Waals surface area contributed by atoms with Crippen molar-refractivity contribution in [2.45, 2.75) is 25.4 Å². The van der Waals surface area contributed by atoms with Gasteiger partial charge in [-0.25, -0.2) is 16.8 Å². The number of nitrogens with zero attached hydrogens (tertiary/aromatic N) is 2. The van der Waals surface area contributed by atoms with E-state index in [0.717, 1.165) is 21.1 Å². The second kappa shape index (κ2) is 5.35. The second-order valence-electron chi connectivity index (χ2n) is 4.65. The maximum atomic E-state index is 11.6. The minimum Gasteiger partial charge on any atom is -0.481 e. The molecule has 0 saturated carbocycles. The van der Waals surface area contributed by atoms with Crippen molar-refractivity contribution in [3.63, 3.8) is 0 Å². The molecule has 0 aromatic rings. The van der Waals surface area contributed by atoms with Crippen LogP contribution >= 0.6 is 0 Å². The van der Waals surface area contributed by atoms with E-state index in [1.165, 1.54) is 6.92 Å². The van der Waals surface area contributed by atoms with Crippen molar-refractivity contribution in [3.8, 4) is 0 Å². The highest BCUT2D eigenvalue weighted by atomic mass is 32.2. The molecule has 1 aliphatic rings. The summed E-state index contributed by atoms with van der Waals surface area (Å²) in [4.78, 5) is 10.9. The molecule has 8 nitrogen and oxygen atoms in total. The van der Waals surface area contributed by atoms with Gasteiger partial charge < -0.3 is 5.11 Å². The summed E-state index contributed by atoms with van der Waals surface area (Å²) >= 11 is 0. The molecule has 1 fully saturated rings. The molecule has 1 rings (SSSR count). The van der Waals surface area contributed by atoms with Crippen LogP contribution in [0.3, 0.4) is 0 Å². The zero-order chi connectivity index (χ0) is 15.0. The zero-order valence-corrected chi connectivity index (χ0v) is 12.6. The number of rotatable bonds is 4. The maximum Gasteiger partial charge on any atom is 0.305 e. The third-order valence-corrected chi connectivity index (χ3v) is 5.83. The first-order valence-electron chi connectivity index (χ1n) is 5.60. The van der Waals surface area contributed by atoms with Gasteiger partial charge in [-0.1, -0.05) is 0 Å². The highest BCUT2D eigenvalue weighted by Crippen LogP contribution is 2.24. The molecule has 1 saturated heterocycles. The molecule has 0 aromatic carbocycles. The molecule has 0 spiro atoms. The molecule has 19 heavy (non-hydrogen) atoms. The summed E-state index contributed by atoms with van der Waals surface area (Å²) in [7, 11) is -7.07. The number of carboxylic acid groups (broad SMARTS) is 1. The fourth-order valence-corrected chi connectivity index (χ4v) is 4.64. The van der Waals surface area contributed by atoms with E-state index in [9.17, 15) is 21.6 Å². The van der Waals surface area contributed by atoms with E-state index in [-0.39, 0.29) is 13.1 Å². The van der Waals surface area contributed by atoms with Crippen molar-refractivity contribution in [1.29, 1.82) is 0 Å². The predicted octanol–water partition coefficient (Wildman–Crippen LogP) is -1.24. The minimum atomic E-state index is -3.57. The summed E-state index contributed by atoms with van der Waals surface area (Å²) in [6.07, 6.45) is 1.59. The van der Waals surface area contributed by atoms with E-state index >= 15 is 0 Å². The Kier molecular flexibility index (Phi) is 4.60. The summed E-state index contributed by atoms with van der Waals surface area (Å²) < 4.78 is 48.7. The van der Waals surface area contributed by atoms with Gasteiger partial charge in [-0.3, -0.25) is 4.79 Å². The van der Waals surface area contributed by atoms with Crippen molar-refractivity contribution >= 4 is 26.0 Å². The first-order valence-corrected chi connectivity index (χ1v) is 9.29. The molecular weight excluding hydrogens is 296 g/mol. The SMILES string of the molecule is C[C@@H]1[C@@H](CC(=O)O)N(S(C)(=O)=O)CCN1S(C)(=O)=O. The van der Waals surface area contributed by atoms with E-state index in [1.807, 2.05) is 0 Å². The summed E-state index contributed by atoms with van der Waals surface area (Å²) in [6.45, 7) is 1.52. The van der Waals surface area contributed by atoms with Crippen LogP contribution in [0.25, 0.3) is 0 Å². The Morgan fingerprint density at radius 2 is 1.53 bits per heavy atom. The van der Waals surface area contributed by atoms with Crippen molar-refractivity contribution in [3.05, 3.63) is 0 Å². The molecule has 0 aromatic heterocycles. The fourth-order valence-electron chi connectivity index (χ4n) is 2.33. The monoisotopic (exact) mass is 314 g/mol. The van der Waals surface area contributed by atoms with Crippen molar-refractivity contribution in [2.24, 2.45) is 0 Å². The third kappa shape index (κ3) is 3.88. The topological polar surface area (TPSA) is 112 Å². The van der Waals surface area contributed by atoms with Crippen LogP contribution in [0.5, 0.6) is 0 Å². The van der Waals surface area contributed by atoms with Crippen LogP contribution < -0.4 is 0 Å². The number of sulfonamides is 2. The van der Waals surface area contributed by atoms with Crippen LogP contribution in [0, 0.1) is 0 Å². The van der Waals surface area contributed by atoms with Gasteiger partial charge in [-0.2, -0.15) is 8.61 Å². The molecule has 0 bridgehead atoms. The molecule has 0 aliphatic carbocycles. The first kappa shape index (κ1) is 16.3. The van der Waals surface area contributed by atoms with Gasteiger partial charge in [0, 0.05) is 19.1 Å². The minimum absolute atomic E-state index is 0.0309. The molecule has 1 N–H and O–H groups in total. The lowest BCUT2D eigenvalue weighted by atomic mass is 10.0. The normalized spacial score (nSPS) is 27.3. The lowest BCUT2D eigenvalue weighted by Crippen LogP contribution is -2.61. The molecule has 0 unspecified atom stereocenters. The highest BCUT2D eigenvalue weighted by Gasteiger charge is 2.42. The van der Waals surface area contributed by atoms with Gasteiger partial charge in [0.1, 0.15) is 0 Å². The average Bonchev–Trinajstić information content (AvgIpc) is 2.16. The van der Waals surface area contributed by atoms with Crippen molar-refractivity contribution in [2.75, 3.05) is 25.6 Å². The van der Waals surface area contributed by atoms with Gasteiger partial charge >= 0.3 is 5.97 Å². The maximum absolute atomic E-state index is 11.6. The van der Waals surface area contributed by atoms with E-state index in [0.29, 0.717) is 0 Å². The number of aliphatic carboxylic acids is 1. The largest absolute Gasteiger partial charge is 0.481 e. The van der Waals surface area contributed by atoms with E-state index < -0.39 is 44.5 Å². The number of carboxylic acids is 1. The van der Waals surface area contributed by atoms with Gasteiger partial charge in [0.2, 0.25) is 20.0 Å². The van der Waals surface area contributed by atoms with Crippen LogP contribution in [-0.2, 0) is 24.8 Å². The van der Waals surface area contributed by atoms with Gasteiger partial charge in [0.15, 0.2) is 0 Å². The molecule has 0 radical (unpaired) electrons. The summed E-state index contributed by atoms with van der Waals surface area (Å²) in [6, 6.07) is -1.61. The molecule has 1 heterocycles. The Bertz CT molecular complexity index is 555. The smallest absolute Gasteiger partial charge is 0.305 e. The van der Waals surface area contributed by atoms with Crippen molar-refractivity contribution < 1.29 is 26.7 Å². The van der Waals surface area contributed by atoms with Crippen LogP contribution in [0.4, 0.5) is 0 Å². The summed E-state index contributed by atoms with van der Waals surface area (Å²) in [5.74, 6) is -1.17. The van der Waals surface area contributed by atoms with Gasteiger partial charge in [-0.05, 0) is 6.92 Å². The van der Waals surface area contributed by atoms with Crippen LogP contribution in [0.1, 0.15) is 13.3 Å². The van der Waals surface area contributed by atoms with E-state index in [1.54, 1.807) is 0 Å². The average molecular weight is 314 g/mol. The van der Waals surface area contributed by atoms with Gasteiger partial charge in [-0.15, -0.1) is 0 Å². The van der Waals surface area contributed by atoms with Crippen molar-refractivity contribution in [1.82, 2.24) is 8.61 Å². The Morgan fingerprint density at radius 1 is 1.11 bits per heavy atom. The number of hydrogen-bond donors (Lipinski definition) is 1.